The lowest BCUT2D eigenvalue weighted by atomic mass is 9.74. The molecule has 1 amide bonds. The van der Waals surface area contributed by atoms with Crippen LogP contribution < -0.4 is 10.6 Å². The number of carbonyl (C=O) groups is 1. The van der Waals surface area contributed by atoms with Gasteiger partial charge in [0.15, 0.2) is 0 Å². The van der Waals surface area contributed by atoms with Gasteiger partial charge in [-0.1, -0.05) is 13.8 Å². The average molecular weight is 297 g/mol. The van der Waals surface area contributed by atoms with E-state index in [4.69, 9.17) is 0 Å². The number of carbonyl (C=O) groups excluding carboxylic acids is 1. The lowest BCUT2D eigenvalue weighted by molar-refractivity contribution is -0.132. The zero-order valence-corrected chi connectivity index (χ0v) is 14.8. The molecule has 1 saturated heterocycles. The SMILES string of the molecule is CC(C)N(CCNC(=O)C(C)(C)C1CCCNC1)C(C)C. The van der Waals surface area contributed by atoms with Gasteiger partial charge < -0.3 is 10.6 Å². The van der Waals surface area contributed by atoms with Crippen molar-refractivity contribution in [2.24, 2.45) is 11.3 Å². The molecule has 0 spiro atoms. The molecule has 1 fully saturated rings. The molecule has 1 aliphatic rings. The maximum Gasteiger partial charge on any atom is 0.226 e. The molecule has 21 heavy (non-hydrogen) atoms. The lowest BCUT2D eigenvalue weighted by Crippen LogP contribution is -2.49. The molecule has 0 aromatic carbocycles. The molecule has 1 heterocycles. The van der Waals surface area contributed by atoms with Crippen molar-refractivity contribution in [2.75, 3.05) is 26.2 Å². The van der Waals surface area contributed by atoms with Gasteiger partial charge in [0.1, 0.15) is 0 Å². The maximum absolute atomic E-state index is 12.5. The number of rotatable bonds is 7. The van der Waals surface area contributed by atoms with Crippen LogP contribution in [0, 0.1) is 11.3 Å². The molecule has 124 valence electrons. The highest BCUT2D eigenvalue weighted by atomic mass is 16.2. The van der Waals surface area contributed by atoms with Crippen LogP contribution in [0.4, 0.5) is 0 Å². The van der Waals surface area contributed by atoms with Crippen LogP contribution in [-0.2, 0) is 4.79 Å². The molecule has 0 aliphatic carbocycles. The fraction of sp³-hybridized carbons (Fsp3) is 0.941. The second-order valence-corrected chi connectivity index (χ2v) is 7.45. The molecule has 4 heteroatoms. The molecular weight excluding hydrogens is 262 g/mol. The zero-order chi connectivity index (χ0) is 16.0. The molecule has 1 unspecified atom stereocenters. The van der Waals surface area contributed by atoms with Gasteiger partial charge in [-0.15, -0.1) is 0 Å². The summed E-state index contributed by atoms with van der Waals surface area (Å²) in [5.41, 5.74) is -0.284. The summed E-state index contributed by atoms with van der Waals surface area (Å²) in [5.74, 6) is 0.640. The van der Waals surface area contributed by atoms with Crippen molar-refractivity contribution in [1.82, 2.24) is 15.5 Å². The van der Waals surface area contributed by atoms with Crippen LogP contribution in [0.2, 0.25) is 0 Å². The molecule has 0 aromatic rings. The van der Waals surface area contributed by atoms with E-state index in [1.165, 1.54) is 6.42 Å². The predicted molar refractivity (Wildman–Crippen MR) is 89.4 cm³/mol. The Morgan fingerprint density at radius 3 is 2.38 bits per heavy atom. The average Bonchev–Trinajstić information content (AvgIpc) is 2.43. The van der Waals surface area contributed by atoms with Crippen molar-refractivity contribution in [3.8, 4) is 0 Å². The number of hydrogen-bond donors (Lipinski definition) is 2. The first-order chi connectivity index (χ1) is 9.76. The Hall–Kier alpha value is -0.610. The molecule has 4 nitrogen and oxygen atoms in total. The van der Waals surface area contributed by atoms with Crippen molar-refractivity contribution in [3.05, 3.63) is 0 Å². The Morgan fingerprint density at radius 2 is 1.90 bits per heavy atom. The minimum Gasteiger partial charge on any atom is -0.354 e. The van der Waals surface area contributed by atoms with E-state index in [1.54, 1.807) is 0 Å². The third-order valence-electron chi connectivity index (χ3n) is 4.88. The molecular formula is C17H35N3O. The first-order valence-electron chi connectivity index (χ1n) is 8.51. The topological polar surface area (TPSA) is 44.4 Å². The molecule has 0 radical (unpaired) electrons. The van der Waals surface area contributed by atoms with Crippen LogP contribution in [0.5, 0.6) is 0 Å². The molecule has 0 aromatic heterocycles. The molecule has 0 saturated carbocycles. The number of piperidine rings is 1. The third kappa shape index (κ3) is 5.26. The second kappa shape index (κ2) is 8.14. The third-order valence-corrected chi connectivity index (χ3v) is 4.88. The van der Waals surface area contributed by atoms with E-state index in [2.05, 4.69) is 57.1 Å². The van der Waals surface area contributed by atoms with E-state index in [9.17, 15) is 4.79 Å². The summed E-state index contributed by atoms with van der Waals surface area (Å²) in [7, 11) is 0. The van der Waals surface area contributed by atoms with Crippen molar-refractivity contribution in [1.29, 1.82) is 0 Å². The Bertz CT molecular complexity index is 312. The standard InChI is InChI=1S/C17H35N3O/c1-13(2)20(14(3)4)11-10-19-16(21)17(5,6)15-8-7-9-18-12-15/h13-15,18H,7-12H2,1-6H3,(H,19,21). The van der Waals surface area contributed by atoms with E-state index < -0.39 is 0 Å². The molecule has 0 bridgehead atoms. The first-order valence-corrected chi connectivity index (χ1v) is 8.51. The van der Waals surface area contributed by atoms with Crippen molar-refractivity contribution < 1.29 is 4.79 Å². The van der Waals surface area contributed by atoms with Gasteiger partial charge in [0.05, 0.1) is 0 Å². The minimum atomic E-state index is -0.284. The van der Waals surface area contributed by atoms with E-state index in [-0.39, 0.29) is 11.3 Å². The summed E-state index contributed by atoms with van der Waals surface area (Å²) < 4.78 is 0. The Balaban J connectivity index is 2.44. The van der Waals surface area contributed by atoms with Gasteiger partial charge in [0.2, 0.25) is 5.91 Å². The number of hydrogen-bond acceptors (Lipinski definition) is 3. The lowest BCUT2D eigenvalue weighted by Gasteiger charge is -2.36. The van der Waals surface area contributed by atoms with Gasteiger partial charge in [-0.3, -0.25) is 9.69 Å². The monoisotopic (exact) mass is 297 g/mol. The summed E-state index contributed by atoms with van der Waals surface area (Å²) >= 11 is 0. The van der Waals surface area contributed by atoms with Crippen molar-refractivity contribution in [2.45, 2.75) is 66.5 Å². The summed E-state index contributed by atoms with van der Waals surface area (Å²) in [6.07, 6.45) is 2.33. The normalized spacial score (nSPS) is 20.3. The Labute approximate surface area is 131 Å². The highest BCUT2D eigenvalue weighted by Crippen LogP contribution is 2.31. The Kier molecular flexibility index (Phi) is 7.14. The van der Waals surface area contributed by atoms with Crippen LogP contribution in [-0.4, -0.2) is 49.1 Å². The van der Waals surface area contributed by atoms with Crippen LogP contribution in [0.3, 0.4) is 0 Å². The van der Waals surface area contributed by atoms with E-state index in [0.717, 1.165) is 32.6 Å². The van der Waals surface area contributed by atoms with E-state index >= 15 is 0 Å². The largest absolute Gasteiger partial charge is 0.354 e. The van der Waals surface area contributed by atoms with Crippen molar-refractivity contribution >= 4 is 5.91 Å². The van der Waals surface area contributed by atoms with Crippen molar-refractivity contribution in [3.63, 3.8) is 0 Å². The first kappa shape index (κ1) is 18.4. The van der Waals surface area contributed by atoms with E-state index in [0.29, 0.717) is 18.0 Å². The maximum atomic E-state index is 12.5. The summed E-state index contributed by atoms with van der Waals surface area (Å²) in [4.78, 5) is 14.9. The van der Waals surface area contributed by atoms with Gasteiger partial charge >= 0.3 is 0 Å². The Morgan fingerprint density at radius 1 is 1.29 bits per heavy atom. The smallest absolute Gasteiger partial charge is 0.226 e. The zero-order valence-electron chi connectivity index (χ0n) is 14.8. The fourth-order valence-corrected chi connectivity index (χ4v) is 3.29. The summed E-state index contributed by atoms with van der Waals surface area (Å²) in [6.45, 7) is 16.7. The van der Waals surface area contributed by atoms with E-state index in [1.807, 2.05) is 0 Å². The number of nitrogens with one attached hydrogen (secondary N) is 2. The fourth-order valence-electron chi connectivity index (χ4n) is 3.29. The molecule has 1 atom stereocenters. The highest BCUT2D eigenvalue weighted by Gasteiger charge is 2.37. The molecule has 1 aliphatic heterocycles. The number of nitrogens with zero attached hydrogens (tertiary/aromatic N) is 1. The molecule has 2 N–H and O–H groups in total. The second-order valence-electron chi connectivity index (χ2n) is 7.45. The van der Waals surface area contributed by atoms with Crippen LogP contribution >= 0.6 is 0 Å². The predicted octanol–water partition coefficient (Wildman–Crippen LogP) is 2.25. The minimum absolute atomic E-state index is 0.198. The summed E-state index contributed by atoms with van der Waals surface area (Å²) in [6, 6.07) is 1.02. The highest BCUT2D eigenvalue weighted by molar-refractivity contribution is 5.82. The van der Waals surface area contributed by atoms with Crippen LogP contribution in [0.15, 0.2) is 0 Å². The van der Waals surface area contributed by atoms with Gasteiger partial charge in [-0.05, 0) is 59.5 Å². The van der Waals surface area contributed by atoms with Gasteiger partial charge in [0, 0.05) is 30.6 Å². The van der Waals surface area contributed by atoms with Gasteiger partial charge in [0.25, 0.3) is 0 Å². The van der Waals surface area contributed by atoms with Crippen LogP contribution in [0.1, 0.15) is 54.4 Å². The van der Waals surface area contributed by atoms with Gasteiger partial charge in [-0.2, -0.15) is 0 Å². The summed E-state index contributed by atoms with van der Waals surface area (Å²) in [5, 5.41) is 6.56. The number of amides is 1. The van der Waals surface area contributed by atoms with Gasteiger partial charge in [-0.25, -0.2) is 0 Å². The van der Waals surface area contributed by atoms with Crippen LogP contribution in [0.25, 0.3) is 0 Å². The molecule has 1 rings (SSSR count). The quantitative estimate of drug-likeness (QED) is 0.757.